The van der Waals surface area contributed by atoms with E-state index < -0.39 is 0 Å². The Hall–Kier alpha value is -0.120. The van der Waals surface area contributed by atoms with Crippen molar-refractivity contribution in [3.63, 3.8) is 0 Å². The molecule has 0 radical (unpaired) electrons. The van der Waals surface area contributed by atoms with Crippen LogP contribution >= 0.6 is 0 Å². The molecule has 0 aromatic rings. The van der Waals surface area contributed by atoms with Crippen molar-refractivity contribution < 1.29 is 9.47 Å². The average molecular weight is 255 g/mol. The zero-order valence-corrected chi connectivity index (χ0v) is 12.0. The van der Waals surface area contributed by atoms with E-state index in [0.29, 0.717) is 6.10 Å². The monoisotopic (exact) mass is 255 g/mol. The third kappa shape index (κ3) is 3.94. The van der Waals surface area contributed by atoms with Gasteiger partial charge < -0.3 is 14.8 Å². The Kier molecular flexibility index (Phi) is 5.93. The molecule has 0 aromatic carbocycles. The SMILES string of the molecule is COCCNCC1CCOC1C1CCC(C)CC1. The summed E-state index contributed by atoms with van der Waals surface area (Å²) in [4.78, 5) is 0. The van der Waals surface area contributed by atoms with Crippen molar-refractivity contribution >= 4 is 0 Å². The van der Waals surface area contributed by atoms with Gasteiger partial charge in [0.2, 0.25) is 0 Å². The highest BCUT2D eigenvalue weighted by atomic mass is 16.5. The van der Waals surface area contributed by atoms with Crippen molar-refractivity contribution in [3.05, 3.63) is 0 Å². The van der Waals surface area contributed by atoms with Gasteiger partial charge in [0.15, 0.2) is 0 Å². The van der Waals surface area contributed by atoms with Gasteiger partial charge in [-0.05, 0) is 31.1 Å². The number of methoxy groups -OCH3 is 1. The lowest BCUT2D eigenvalue weighted by Crippen LogP contribution is -2.36. The first-order valence-electron chi connectivity index (χ1n) is 7.62. The quantitative estimate of drug-likeness (QED) is 0.740. The van der Waals surface area contributed by atoms with E-state index >= 15 is 0 Å². The maximum absolute atomic E-state index is 6.03. The Morgan fingerprint density at radius 2 is 1.94 bits per heavy atom. The molecule has 0 amide bonds. The standard InChI is InChI=1S/C15H29NO2/c1-12-3-5-13(6-4-12)15-14(7-9-18-15)11-16-8-10-17-2/h12-16H,3-11H2,1-2H3. The maximum Gasteiger partial charge on any atom is 0.0644 e. The van der Waals surface area contributed by atoms with E-state index in [1.165, 1.54) is 32.1 Å². The summed E-state index contributed by atoms with van der Waals surface area (Å²) in [6.45, 7) is 6.21. The summed E-state index contributed by atoms with van der Waals surface area (Å²) in [5.74, 6) is 2.47. The topological polar surface area (TPSA) is 30.5 Å². The van der Waals surface area contributed by atoms with E-state index in [9.17, 15) is 0 Å². The van der Waals surface area contributed by atoms with Gasteiger partial charge in [-0.3, -0.25) is 0 Å². The zero-order chi connectivity index (χ0) is 12.8. The molecule has 0 bridgehead atoms. The lowest BCUT2D eigenvalue weighted by atomic mass is 9.77. The number of ether oxygens (including phenoxy) is 2. The first-order valence-corrected chi connectivity index (χ1v) is 7.62. The molecule has 0 spiro atoms. The number of hydrogen-bond acceptors (Lipinski definition) is 3. The van der Waals surface area contributed by atoms with Gasteiger partial charge in [-0.2, -0.15) is 0 Å². The third-order valence-corrected chi connectivity index (χ3v) is 4.68. The smallest absolute Gasteiger partial charge is 0.0644 e. The molecule has 18 heavy (non-hydrogen) atoms. The molecule has 3 nitrogen and oxygen atoms in total. The van der Waals surface area contributed by atoms with Crippen molar-refractivity contribution in [3.8, 4) is 0 Å². The summed E-state index contributed by atoms with van der Waals surface area (Å²) in [6.07, 6.45) is 7.30. The van der Waals surface area contributed by atoms with Crippen LogP contribution < -0.4 is 5.32 Å². The van der Waals surface area contributed by atoms with Crippen LogP contribution in [0, 0.1) is 17.8 Å². The second kappa shape index (κ2) is 7.46. The van der Waals surface area contributed by atoms with Crippen LogP contribution in [0.4, 0.5) is 0 Å². The van der Waals surface area contributed by atoms with Crippen molar-refractivity contribution in [2.24, 2.45) is 17.8 Å². The predicted molar refractivity (Wildman–Crippen MR) is 73.7 cm³/mol. The first-order chi connectivity index (χ1) is 8.81. The van der Waals surface area contributed by atoms with Gasteiger partial charge in [0.25, 0.3) is 0 Å². The molecule has 1 aliphatic carbocycles. The van der Waals surface area contributed by atoms with Gasteiger partial charge in [0.05, 0.1) is 12.7 Å². The predicted octanol–water partition coefficient (Wildman–Crippen LogP) is 2.45. The lowest BCUT2D eigenvalue weighted by molar-refractivity contribution is 0.0213. The molecule has 0 aromatic heterocycles. The first kappa shape index (κ1) is 14.3. The molecule has 106 valence electrons. The Morgan fingerprint density at radius 3 is 2.67 bits per heavy atom. The average Bonchev–Trinajstić information content (AvgIpc) is 2.84. The summed E-state index contributed by atoms with van der Waals surface area (Å²) in [7, 11) is 1.76. The maximum atomic E-state index is 6.03. The molecule has 2 unspecified atom stereocenters. The van der Waals surface area contributed by atoms with E-state index in [4.69, 9.17) is 9.47 Å². The van der Waals surface area contributed by atoms with Crippen LogP contribution in [0.5, 0.6) is 0 Å². The molecule has 1 saturated heterocycles. The second-order valence-corrected chi connectivity index (χ2v) is 6.10. The Labute approximate surface area is 112 Å². The third-order valence-electron chi connectivity index (χ3n) is 4.68. The number of hydrogen-bond donors (Lipinski definition) is 1. The van der Waals surface area contributed by atoms with Crippen LogP contribution in [0.15, 0.2) is 0 Å². The number of rotatable bonds is 6. The summed E-state index contributed by atoms with van der Waals surface area (Å²) in [5.41, 5.74) is 0. The van der Waals surface area contributed by atoms with E-state index in [1.807, 2.05) is 0 Å². The van der Waals surface area contributed by atoms with E-state index in [2.05, 4.69) is 12.2 Å². The molecule has 2 aliphatic rings. The van der Waals surface area contributed by atoms with Crippen LogP contribution in [-0.4, -0.2) is 39.5 Å². The molecule has 1 heterocycles. The summed E-state index contributed by atoms with van der Waals surface area (Å²) in [6, 6.07) is 0. The summed E-state index contributed by atoms with van der Waals surface area (Å²) in [5, 5.41) is 3.50. The van der Waals surface area contributed by atoms with Crippen molar-refractivity contribution in [2.75, 3.05) is 33.4 Å². The fraction of sp³-hybridized carbons (Fsp3) is 1.00. The molecule has 3 heteroatoms. The van der Waals surface area contributed by atoms with Crippen molar-refractivity contribution in [2.45, 2.75) is 45.1 Å². The van der Waals surface area contributed by atoms with Gasteiger partial charge in [-0.25, -0.2) is 0 Å². The van der Waals surface area contributed by atoms with Gasteiger partial charge in [-0.15, -0.1) is 0 Å². The molecule has 2 fully saturated rings. The van der Waals surface area contributed by atoms with Crippen LogP contribution in [0.3, 0.4) is 0 Å². The minimum atomic E-state index is 0.521. The fourth-order valence-corrected chi connectivity index (χ4v) is 3.47. The highest BCUT2D eigenvalue weighted by Gasteiger charge is 2.35. The minimum absolute atomic E-state index is 0.521. The van der Waals surface area contributed by atoms with Gasteiger partial charge in [0.1, 0.15) is 0 Å². The molecule has 2 atom stereocenters. The summed E-state index contributed by atoms with van der Waals surface area (Å²) >= 11 is 0. The Bertz CT molecular complexity index is 227. The normalized spacial score (nSPS) is 37.0. The molecule has 1 saturated carbocycles. The van der Waals surface area contributed by atoms with Crippen LogP contribution in [0.25, 0.3) is 0 Å². The second-order valence-electron chi connectivity index (χ2n) is 6.10. The molecule has 1 N–H and O–H groups in total. The molecular formula is C15H29NO2. The molecule has 2 rings (SSSR count). The van der Waals surface area contributed by atoms with E-state index in [0.717, 1.165) is 44.1 Å². The molecular weight excluding hydrogens is 226 g/mol. The Balaban J connectivity index is 1.73. The minimum Gasteiger partial charge on any atom is -0.383 e. The fourth-order valence-electron chi connectivity index (χ4n) is 3.47. The van der Waals surface area contributed by atoms with E-state index in [1.54, 1.807) is 7.11 Å². The largest absolute Gasteiger partial charge is 0.383 e. The summed E-state index contributed by atoms with van der Waals surface area (Å²) < 4.78 is 11.1. The van der Waals surface area contributed by atoms with Crippen molar-refractivity contribution in [1.29, 1.82) is 0 Å². The van der Waals surface area contributed by atoms with Crippen LogP contribution in [-0.2, 0) is 9.47 Å². The number of nitrogens with one attached hydrogen (secondary N) is 1. The van der Waals surface area contributed by atoms with Gasteiger partial charge >= 0.3 is 0 Å². The zero-order valence-electron chi connectivity index (χ0n) is 12.0. The van der Waals surface area contributed by atoms with Gasteiger partial charge in [-0.1, -0.05) is 19.8 Å². The highest BCUT2D eigenvalue weighted by Crippen LogP contribution is 2.37. The Morgan fingerprint density at radius 1 is 1.17 bits per heavy atom. The van der Waals surface area contributed by atoms with Crippen molar-refractivity contribution in [1.82, 2.24) is 5.32 Å². The molecule has 1 aliphatic heterocycles. The van der Waals surface area contributed by atoms with Gasteiger partial charge in [0, 0.05) is 32.7 Å². The highest BCUT2D eigenvalue weighted by molar-refractivity contribution is 4.86. The van der Waals surface area contributed by atoms with Crippen LogP contribution in [0.1, 0.15) is 39.0 Å². The van der Waals surface area contributed by atoms with E-state index in [-0.39, 0.29) is 0 Å². The van der Waals surface area contributed by atoms with Crippen LogP contribution in [0.2, 0.25) is 0 Å². The lowest BCUT2D eigenvalue weighted by Gasteiger charge is -2.33.